The number of nitrogens with two attached hydrogens (primary N) is 1. The van der Waals surface area contributed by atoms with E-state index in [4.69, 9.17) is 21.8 Å². The Bertz CT molecular complexity index is 1650. The van der Waals surface area contributed by atoms with Gasteiger partial charge in [-0.15, -0.1) is 0 Å². The molecule has 5 rings (SSSR count). The summed E-state index contributed by atoms with van der Waals surface area (Å²) < 4.78 is 66.9. The Labute approximate surface area is 237 Å². The number of nitrogens with zero attached hydrogens (tertiary/aromatic N) is 3. The molecule has 1 aliphatic heterocycles. The summed E-state index contributed by atoms with van der Waals surface area (Å²) in [6.45, 7) is 0.240. The molecule has 0 spiro atoms. The molecule has 40 heavy (non-hydrogen) atoms. The lowest BCUT2D eigenvalue weighted by atomic mass is 9.91. The first-order chi connectivity index (χ1) is 19.0. The molecule has 0 saturated heterocycles. The van der Waals surface area contributed by atoms with Gasteiger partial charge in [-0.05, 0) is 66.8 Å². The molecule has 1 saturated carbocycles. The molecule has 210 valence electrons. The van der Waals surface area contributed by atoms with Crippen LogP contribution in [0.3, 0.4) is 0 Å². The van der Waals surface area contributed by atoms with Crippen LogP contribution < -0.4 is 9.86 Å². The number of primary sulfonamides is 1. The van der Waals surface area contributed by atoms with E-state index in [1.54, 1.807) is 12.1 Å². The first-order valence-corrected chi connectivity index (χ1v) is 16.0. The van der Waals surface area contributed by atoms with Crippen LogP contribution in [0.1, 0.15) is 36.3 Å². The number of hydrazone groups is 1. The van der Waals surface area contributed by atoms with E-state index in [1.807, 2.05) is 30.3 Å². The highest BCUT2D eigenvalue weighted by molar-refractivity contribution is 7.90. The molecule has 3 atom stereocenters. The largest absolute Gasteiger partial charge is 0.264 e. The average Bonchev–Trinajstić information content (AvgIpc) is 3.57. The normalized spacial score (nSPS) is 21.9. The Morgan fingerprint density at radius 2 is 1.65 bits per heavy atom. The van der Waals surface area contributed by atoms with E-state index in [1.165, 1.54) is 41.4 Å². The summed E-state index contributed by atoms with van der Waals surface area (Å²) in [5.41, 5.74) is 2.22. The monoisotopic (exact) mass is 603 g/mol. The zero-order valence-electron chi connectivity index (χ0n) is 21.2. The van der Waals surface area contributed by atoms with Crippen LogP contribution in [0.4, 0.5) is 4.39 Å². The van der Waals surface area contributed by atoms with Crippen molar-refractivity contribution in [3.05, 3.63) is 101 Å². The van der Waals surface area contributed by atoms with Gasteiger partial charge in [-0.3, -0.25) is 0 Å². The van der Waals surface area contributed by atoms with E-state index < -0.39 is 31.3 Å². The molecule has 9 nitrogen and oxygen atoms in total. The van der Waals surface area contributed by atoms with Crippen molar-refractivity contribution in [1.29, 1.82) is 0 Å². The number of sulfonamides is 2. The van der Waals surface area contributed by atoms with Crippen molar-refractivity contribution in [1.82, 2.24) is 9.73 Å². The van der Waals surface area contributed by atoms with Crippen LogP contribution in [0.2, 0.25) is 5.02 Å². The SMILES string of the molecule is NS(=O)(=O)[C@@H]1CC[C@@H](/N=C(\NS(=O)(=O)c2ccc(Cl)cc2)N2C[C@H](c3ccccc3)C(c3ccc(F)cc3)=N2)C1. The van der Waals surface area contributed by atoms with Gasteiger partial charge in [0.05, 0.1) is 28.4 Å². The van der Waals surface area contributed by atoms with Crippen LogP contribution in [0.5, 0.6) is 0 Å². The number of hydrogen-bond donors (Lipinski definition) is 2. The molecule has 0 aromatic heterocycles. The second-order valence-electron chi connectivity index (χ2n) is 9.73. The van der Waals surface area contributed by atoms with E-state index in [0.717, 1.165) is 5.56 Å². The Morgan fingerprint density at radius 3 is 2.27 bits per heavy atom. The number of aliphatic imine (C=N–C) groups is 1. The van der Waals surface area contributed by atoms with Crippen molar-refractivity contribution in [2.24, 2.45) is 15.2 Å². The van der Waals surface area contributed by atoms with E-state index in [0.29, 0.717) is 29.1 Å². The third-order valence-electron chi connectivity index (χ3n) is 6.98. The molecule has 0 radical (unpaired) electrons. The van der Waals surface area contributed by atoms with Crippen LogP contribution in [0, 0.1) is 5.82 Å². The fourth-order valence-corrected chi connectivity index (χ4v) is 7.00. The summed E-state index contributed by atoms with van der Waals surface area (Å²) in [5.74, 6) is -0.718. The van der Waals surface area contributed by atoms with Crippen LogP contribution in [0.15, 0.2) is 93.9 Å². The van der Waals surface area contributed by atoms with Crippen LogP contribution in [-0.2, 0) is 20.0 Å². The maximum Gasteiger partial charge on any atom is 0.264 e. The summed E-state index contributed by atoms with van der Waals surface area (Å²) in [6.07, 6.45) is 0.897. The third-order valence-corrected chi connectivity index (χ3v) is 9.93. The lowest BCUT2D eigenvalue weighted by Gasteiger charge is -2.21. The molecule has 1 fully saturated rings. The van der Waals surface area contributed by atoms with Gasteiger partial charge in [0, 0.05) is 10.9 Å². The zero-order chi connectivity index (χ0) is 28.5. The fourth-order valence-electron chi connectivity index (χ4n) is 4.91. The van der Waals surface area contributed by atoms with Crippen molar-refractivity contribution in [2.75, 3.05) is 6.54 Å². The standard InChI is InChI=1S/C27H27ClFN5O4S2/c28-20-8-13-23(14-9-20)40(37,38)33-27(31-22-12-15-24(16-22)39(30,35)36)34-17-25(18-4-2-1-3-5-18)26(32-34)19-6-10-21(29)11-7-19/h1-11,13-14,22,24-25H,12,15-17H2,(H,31,33)(H2,30,35,36)/t22-,24-,25-/m1/s1. The van der Waals surface area contributed by atoms with Gasteiger partial charge in [-0.2, -0.15) is 5.10 Å². The number of hydrogen-bond acceptors (Lipinski definition) is 6. The van der Waals surface area contributed by atoms with Gasteiger partial charge in [-0.25, -0.2) is 41.1 Å². The predicted octanol–water partition coefficient (Wildman–Crippen LogP) is 3.83. The second-order valence-corrected chi connectivity index (χ2v) is 13.7. The van der Waals surface area contributed by atoms with Gasteiger partial charge < -0.3 is 0 Å². The van der Waals surface area contributed by atoms with Crippen LogP contribution in [-0.4, -0.2) is 51.4 Å². The highest BCUT2D eigenvalue weighted by Gasteiger charge is 2.36. The van der Waals surface area contributed by atoms with Crippen LogP contribution >= 0.6 is 11.6 Å². The summed E-state index contributed by atoms with van der Waals surface area (Å²) in [5, 5.41) is 11.2. The molecule has 3 aromatic carbocycles. The lowest BCUT2D eigenvalue weighted by Crippen LogP contribution is -2.42. The molecule has 3 aromatic rings. The first kappa shape index (κ1) is 28.2. The van der Waals surface area contributed by atoms with Gasteiger partial charge in [0.25, 0.3) is 10.0 Å². The molecule has 2 aliphatic rings. The van der Waals surface area contributed by atoms with Gasteiger partial charge in [-0.1, -0.05) is 54.1 Å². The number of benzene rings is 3. The van der Waals surface area contributed by atoms with Gasteiger partial charge in [0.2, 0.25) is 16.0 Å². The van der Waals surface area contributed by atoms with E-state index in [9.17, 15) is 21.2 Å². The number of guanidine groups is 1. The predicted molar refractivity (Wildman–Crippen MR) is 153 cm³/mol. The lowest BCUT2D eigenvalue weighted by molar-refractivity contribution is 0.456. The minimum atomic E-state index is -4.11. The highest BCUT2D eigenvalue weighted by Crippen LogP contribution is 2.31. The van der Waals surface area contributed by atoms with E-state index >= 15 is 0 Å². The van der Waals surface area contributed by atoms with Crippen LogP contribution in [0.25, 0.3) is 0 Å². The second kappa shape index (κ2) is 11.3. The summed E-state index contributed by atoms with van der Waals surface area (Å²) in [6, 6.07) is 20.7. The number of rotatable bonds is 6. The van der Waals surface area contributed by atoms with Crippen molar-refractivity contribution in [3.63, 3.8) is 0 Å². The minimum absolute atomic E-state index is 0.0278. The quantitative estimate of drug-likeness (QED) is 0.326. The molecule has 0 bridgehead atoms. The summed E-state index contributed by atoms with van der Waals surface area (Å²) in [7, 11) is -7.87. The van der Waals surface area contributed by atoms with Gasteiger partial charge >= 0.3 is 0 Å². The zero-order valence-corrected chi connectivity index (χ0v) is 23.6. The van der Waals surface area contributed by atoms with E-state index in [2.05, 4.69) is 9.71 Å². The maximum atomic E-state index is 13.7. The first-order valence-electron chi connectivity index (χ1n) is 12.5. The average molecular weight is 604 g/mol. The Morgan fingerprint density at radius 1 is 0.975 bits per heavy atom. The number of halogens is 2. The van der Waals surface area contributed by atoms with Crippen molar-refractivity contribution < 1.29 is 21.2 Å². The summed E-state index contributed by atoms with van der Waals surface area (Å²) >= 11 is 5.95. The smallest absolute Gasteiger partial charge is 0.248 e. The highest BCUT2D eigenvalue weighted by atomic mass is 35.5. The molecule has 3 N–H and O–H groups in total. The molecular formula is C27H27ClFN5O4S2. The van der Waals surface area contributed by atoms with E-state index in [-0.39, 0.29) is 35.6 Å². The topological polar surface area (TPSA) is 134 Å². The van der Waals surface area contributed by atoms with Gasteiger partial charge in [0.1, 0.15) is 5.82 Å². The molecule has 13 heteroatoms. The third kappa shape index (κ3) is 6.35. The minimum Gasteiger partial charge on any atom is -0.248 e. The van der Waals surface area contributed by atoms with Crippen molar-refractivity contribution >= 4 is 43.3 Å². The fraction of sp³-hybridized carbons (Fsp3) is 0.259. The van der Waals surface area contributed by atoms with Gasteiger partial charge in [0.15, 0.2) is 0 Å². The maximum absolute atomic E-state index is 13.7. The number of nitrogens with one attached hydrogen (secondary N) is 1. The Kier molecular flexibility index (Phi) is 7.96. The molecule has 0 amide bonds. The Balaban J connectivity index is 1.55. The van der Waals surface area contributed by atoms with Crippen molar-refractivity contribution in [3.8, 4) is 0 Å². The molecular weight excluding hydrogens is 577 g/mol. The molecule has 1 heterocycles. The molecule has 0 unspecified atom stereocenters. The Hall–Kier alpha value is -3.32. The van der Waals surface area contributed by atoms with Crippen molar-refractivity contribution in [2.45, 2.75) is 41.4 Å². The summed E-state index contributed by atoms with van der Waals surface area (Å²) in [4.78, 5) is 4.63. The molecule has 1 aliphatic carbocycles.